The van der Waals surface area contributed by atoms with E-state index in [1.54, 1.807) is 6.20 Å². The monoisotopic (exact) mass is 232 g/mol. The maximum Gasteiger partial charge on any atom is 0.177 e. The molecule has 2 aromatic heterocycles. The fourth-order valence-corrected chi connectivity index (χ4v) is 2.16. The van der Waals surface area contributed by atoms with Gasteiger partial charge in [-0.3, -0.25) is 0 Å². The molecule has 90 valence electrons. The number of hydrogen-bond acceptors (Lipinski definition) is 4. The van der Waals surface area contributed by atoms with E-state index in [9.17, 15) is 0 Å². The minimum atomic E-state index is 0.351. The van der Waals surface area contributed by atoms with Crippen LogP contribution in [0.2, 0.25) is 0 Å². The molecule has 2 aromatic rings. The van der Waals surface area contributed by atoms with Gasteiger partial charge in [0.2, 0.25) is 0 Å². The summed E-state index contributed by atoms with van der Waals surface area (Å²) >= 11 is 0. The normalized spacial score (nSPS) is 20.9. The van der Waals surface area contributed by atoms with Gasteiger partial charge in [0.1, 0.15) is 5.82 Å². The lowest BCUT2D eigenvalue weighted by Crippen LogP contribution is -2.42. The Morgan fingerprint density at radius 2 is 2.47 bits per heavy atom. The third-order valence-electron chi connectivity index (χ3n) is 3.09. The van der Waals surface area contributed by atoms with Crippen LogP contribution in [0.5, 0.6) is 0 Å². The number of ether oxygens (including phenoxy) is 1. The molecule has 1 saturated heterocycles. The SMILES string of the molecule is Cc1ccnc2nc(CC3COCCN3)[nH]c12. The standard InChI is InChI=1S/C12H16N4O/c1-8-2-3-14-12-11(8)15-10(16-12)6-9-7-17-5-4-13-9/h2-3,9,13H,4-7H2,1H3,(H,14,15,16). The highest BCUT2D eigenvalue weighted by Gasteiger charge is 2.16. The van der Waals surface area contributed by atoms with Gasteiger partial charge < -0.3 is 15.0 Å². The van der Waals surface area contributed by atoms with Gasteiger partial charge in [0.25, 0.3) is 0 Å². The number of aromatic amines is 1. The minimum absolute atomic E-state index is 0.351. The molecule has 3 rings (SSSR count). The first-order valence-electron chi connectivity index (χ1n) is 5.94. The number of nitrogens with one attached hydrogen (secondary N) is 2. The fourth-order valence-electron chi connectivity index (χ4n) is 2.16. The van der Waals surface area contributed by atoms with Crippen LogP contribution >= 0.6 is 0 Å². The summed E-state index contributed by atoms with van der Waals surface area (Å²) < 4.78 is 5.43. The van der Waals surface area contributed by atoms with Crippen molar-refractivity contribution in [3.05, 3.63) is 23.7 Å². The van der Waals surface area contributed by atoms with Crippen LogP contribution in [0.25, 0.3) is 11.2 Å². The molecular weight excluding hydrogens is 216 g/mol. The van der Waals surface area contributed by atoms with E-state index in [0.717, 1.165) is 43.2 Å². The maximum absolute atomic E-state index is 5.43. The molecule has 5 nitrogen and oxygen atoms in total. The van der Waals surface area contributed by atoms with Gasteiger partial charge >= 0.3 is 0 Å². The molecule has 0 aliphatic carbocycles. The first kappa shape index (κ1) is 10.7. The zero-order valence-corrected chi connectivity index (χ0v) is 9.86. The van der Waals surface area contributed by atoms with E-state index in [-0.39, 0.29) is 0 Å². The van der Waals surface area contributed by atoms with Crippen molar-refractivity contribution < 1.29 is 4.74 Å². The van der Waals surface area contributed by atoms with Crippen molar-refractivity contribution in [2.45, 2.75) is 19.4 Å². The molecule has 3 heterocycles. The molecule has 1 fully saturated rings. The molecule has 0 spiro atoms. The Balaban J connectivity index is 1.83. The zero-order chi connectivity index (χ0) is 11.7. The van der Waals surface area contributed by atoms with E-state index in [1.165, 1.54) is 5.56 Å². The number of nitrogens with zero attached hydrogens (tertiary/aromatic N) is 2. The number of morpholine rings is 1. The smallest absolute Gasteiger partial charge is 0.177 e. The van der Waals surface area contributed by atoms with E-state index < -0.39 is 0 Å². The van der Waals surface area contributed by atoms with Crippen LogP contribution in [0, 0.1) is 6.92 Å². The summed E-state index contributed by atoms with van der Waals surface area (Å²) in [7, 11) is 0. The molecule has 0 radical (unpaired) electrons. The van der Waals surface area contributed by atoms with Crippen molar-refractivity contribution in [3.8, 4) is 0 Å². The van der Waals surface area contributed by atoms with Crippen LogP contribution in [0.15, 0.2) is 12.3 Å². The van der Waals surface area contributed by atoms with Crippen molar-refractivity contribution >= 4 is 11.2 Å². The van der Waals surface area contributed by atoms with Crippen LogP contribution in [0.3, 0.4) is 0 Å². The van der Waals surface area contributed by atoms with Gasteiger partial charge in [0.05, 0.1) is 18.7 Å². The van der Waals surface area contributed by atoms with E-state index >= 15 is 0 Å². The molecule has 1 unspecified atom stereocenters. The summed E-state index contributed by atoms with van der Waals surface area (Å²) in [6.45, 7) is 4.54. The average Bonchev–Trinajstić information content (AvgIpc) is 2.74. The first-order valence-corrected chi connectivity index (χ1v) is 5.94. The predicted octanol–water partition coefficient (Wildman–Crippen LogP) is 0.797. The summed E-state index contributed by atoms with van der Waals surface area (Å²) in [6.07, 6.45) is 2.65. The van der Waals surface area contributed by atoms with Gasteiger partial charge in [-0.2, -0.15) is 0 Å². The van der Waals surface area contributed by atoms with Crippen LogP contribution in [-0.4, -0.2) is 40.8 Å². The first-order chi connectivity index (χ1) is 8.33. The fraction of sp³-hybridized carbons (Fsp3) is 0.500. The van der Waals surface area contributed by atoms with Crippen LogP contribution in [0.4, 0.5) is 0 Å². The number of imidazole rings is 1. The lowest BCUT2D eigenvalue weighted by molar-refractivity contribution is 0.0765. The maximum atomic E-state index is 5.43. The Labute approximate surface area is 99.6 Å². The highest BCUT2D eigenvalue weighted by molar-refractivity contribution is 5.74. The number of fused-ring (bicyclic) bond motifs is 1. The van der Waals surface area contributed by atoms with Gasteiger partial charge in [-0.25, -0.2) is 9.97 Å². The van der Waals surface area contributed by atoms with Crippen molar-refractivity contribution in [3.63, 3.8) is 0 Å². The number of rotatable bonds is 2. The van der Waals surface area contributed by atoms with Crippen LogP contribution < -0.4 is 5.32 Å². The Morgan fingerprint density at radius 1 is 1.53 bits per heavy atom. The van der Waals surface area contributed by atoms with Gasteiger partial charge in [0.15, 0.2) is 5.65 Å². The highest BCUT2D eigenvalue weighted by Crippen LogP contribution is 2.14. The predicted molar refractivity (Wildman–Crippen MR) is 64.9 cm³/mol. The van der Waals surface area contributed by atoms with E-state index in [1.807, 2.05) is 6.07 Å². The van der Waals surface area contributed by atoms with Crippen molar-refractivity contribution in [2.75, 3.05) is 19.8 Å². The van der Waals surface area contributed by atoms with Crippen molar-refractivity contribution in [2.24, 2.45) is 0 Å². The summed E-state index contributed by atoms with van der Waals surface area (Å²) in [5.74, 6) is 0.977. The number of aromatic nitrogens is 3. The molecule has 0 saturated carbocycles. The van der Waals surface area contributed by atoms with Gasteiger partial charge in [-0.15, -0.1) is 0 Å². The van der Waals surface area contributed by atoms with Gasteiger partial charge in [-0.05, 0) is 18.6 Å². The van der Waals surface area contributed by atoms with Crippen molar-refractivity contribution in [1.82, 2.24) is 20.3 Å². The Bertz CT molecular complexity index is 516. The lowest BCUT2D eigenvalue weighted by atomic mass is 10.2. The molecule has 5 heteroatoms. The Morgan fingerprint density at radius 3 is 3.24 bits per heavy atom. The second-order valence-electron chi connectivity index (χ2n) is 4.44. The van der Waals surface area contributed by atoms with Gasteiger partial charge in [0, 0.05) is 25.2 Å². The van der Waals surface area contributed by atoms with E-state index in [0.29, 0.717) is 6.04 Å². The van der Waals surface area contributed by atoms with E-state index in [2.05, 4.69) is 27.2 Å². The third-order valence-corrected chi connectivity index (χ3v) is 3.09. The number of pyridine rings is 1. The van der Waals surface area contributed by atoms with E-state index in [4.69, 9.17) is 4.74 Å². The van der Waals surface area contributed by atoms with Crippen molar-refractivity contribution in [1.29, 1.82) is 0 Å². The molecule has 1 aliphatic heterocycles. The zero-order valence-electron chi connectivity index (χ0n) is 9.86. The molecule has 0 amide bonds. The van der Waals surface area contributed by atoms with Crippen LogP contribution in [-0.2, 0) is 11.2 Å². The quantitative estimate of drug-likeness (QED) is 0.804. The number of hydrogen-bond donors (Lipinski definition) is 2. The minimum Gasteiger partial charge on any atom is -0.379 e. The molecule has 1 atom stereocenters. The number of H-pyrrole nitrogens is 1. The highest BCUT2D eigenvalue weighted by atomic mass is 16.5. The molecule has 0 bridgehead atoms. The van der Waals surface area contributed by atoms with Gasteiger partial charge in [-0.1, -0.05) is 0 Å². The Kier molecular flexibility index (Phi) is 2.78. The summed E-state index contributed by atoms with van der Waals surface area (Å²) in [4.78, 5) is 12.1. The summed E-state index contributed by atoms with van der Waals surface area (Å²) in [5, 5.41) is 3.42. The Hall–Kier alpha value is -1.46. The second-order valence-corrected chi connectivity index (χ2v) is 4.44. The average molecular weight is 232 g/mol. The summed E-state index contributed by atoms with van der Waals surface area (Å²) in [5.41, 5.74) is 3.03. The van der Waals surface area contributed by atoms with Crippen LogP contribution in [0.1, 0.15) is 11.4 Å². The lowest BCUT2D eigenvalue weighted by Gasteiger charge is -2.22. The topological polar surface area (TPSA) is 62.8 Å². The molecule has 1 aliphatic rings. The third kappa shape index (κ3) is 2.16. The molecule has 17 heavy (non-hydrogen) atoms. The molecular formula is C12H16N4O. The summed E-state index contributed by atoms with van der Waals surface area (Å²) in [6, 6.07) is 2.34. The number of aryl methyl sites for hydroxylation is 1. The molecule has 2 N–H and O–H groups in total. The second kappa shape index (κ2) is 4.43. The largest absolute Gasteiger partial charge is 0.379 e. The molecule has 0 aromatic carbocycles.